The molecular weight excluding hydrogens is 420 g/mol. The Kier molecular flexibility index (Phi) is 6.21. The van der Waals surface area contributed by atoms with Crippen LogP contribution in [0.15, 0.2) is 23.1 Å². The van der Waals surface area contributed by atoms with Gasteiger partial charge in [-0.05, 0) is 50.3 Å². The third-order valence-electron chi connectivity index (χ3n) is 6.95. The molecule has 2 saturated heterocycles. The van der Waals surface area contributed by atoms with E-state index in [9.17, 15) is 9.59 Å². The van der Waals surface area contributed by atoms with E-state index in [-0.39, 0.29) is 17.5 Å². The molecule has 4 heterocycles. The molecule has 2 aromatic heterocycles. The van der Waals surface area contributed by atoms with Gasteiger partial charge in [0.25, 0.3) is 11.5 Å². The van der Waals surface area contributed by atoms with Gasteiger partial charge < -0.3 is 19.4 Å². The SMILES string of the molecule is CCCOCC1CCN(C(=O)c2cc3c(cc2C)[nH]c(=O)c2cnn(C4CCOCC4)c23)C1. The average molecular weight is 453 g/mol. The summed E-state index contributed by atoms with van der Waals surface area (Å²) in [5.74, 6) is 0.433. The first kappa shape index (κ1) is 22.1. The molecule has 176 valence electrons. The third kappa shape index (κ3) is 4.17. The number of aromatic nitrogens is 3. The molecule has 1 N–H and O–H groups in total. The predicted molar refractivity (Wildman–Crippen MR) is 127 cm³/mol. The molecular formula is C25H32N4O4. The normalized spacial score (nSPS) is 19.7. The van der Waals surface area contributed by atoms with Crippen LogP contribution in [0.2, 0.25) is 0 Å². The summed E-state index contributed by atoms with van der Waals surface area (Å²) >= 11 is 0. The smallest absolute Gasteiger partial charge is 0.259 e. The lowest BCUT2D eigenvalue weighted by Gasteiger charge is -2.23. The first-order valence-electron chi connectivity index (χ1n) is 12.1. The molecule has 1 atom stereocenters. The predicted octanol–water partition coefficient (Wildman–Crippen LogP) is 3.43. The highest BCUT2D eigenvalue weighted by Crippen LogP contribution is 2.30. The maximum atomic E-state index is 13.5. The van der Waals surface area contributed by atoms with Crippen molar-refractivity contribution in [2.75, 3.05) is 39.5 Å². The number of carbonyl (C=O) groups excluding carboxylic acids is 1. The van der Waals surface area contributed by atoms with E-state index in [4.69, 9.17) is 9.47 Å². The zero-order valence-electron chi connectivity index (χ0n) is 19.4. The van der Waals surface area contributed by atoms with Crippen molar-refractivity contribution < 1.29 is 14.3 Å². The molecule has 1 amide bonds. The molecule has 3 aromatic rings. The van der Waals surface area contributed by atoms with Gasteiger partial charge in [-0.3, -0.25) is 14.3 Å². The molecule has 0 radical (unpaired) electrons. The fourth-order valence-corrected chi connectivity index (χ4v) is 5.15. The fraction of sp³-hybridized carbons (Fsp3) is 0.560. The molecule has 8 heteroatoms. The largest absolute Gasteiger partial charge is 0.381 e. The molecule has 1 unspecified atom stereocenters. The summed E-state index contributed by atoms with van der Waals surface area (Å²) in [7, 11) is 0. The first-order valence-corrected chi connectivity index (χ1v) is 12.1. The molecule has 0 bridgehead atoms. The van der Waals surface area contributed by atoms with Crippen LogP contribution in [0, 0.1) is 12.8 Å². The molecule has 1 aromatic carbocycles. The van der Waals surface area contributed by atoms with Crippen LogP contribution < -0.4 is 5.56 Å². The average Bonchev–Trinajstić information content (AvgIpc) is 3.47. The molecule has 2 aliphatic heterocycles. The maximum Gasteiger partial charge on any atom is 0.259 e. The Bertz CT molecular complexity index is 1220. The molecule has 8 nitrogen and oxygen atoms in total. The number of aromatic amines is 1. The van der Waals surface area contributed by atoms with Crippen LogP contribution in [0.1, 0.15) is 54.6 Å². The Balaban J connectivity index is 1.51. The lowest BCUT2D eigenvalue weighted by atomic mass is 10.0. The third-order valence-corrected chi connectivity index (χ3v) is 6.95. The summed E-state index contributed by atoms with van der Waals surface area (Å²) in [6.07, 6.45) is 5.34. The molecule has 0 aliphatic carbocycles. The number of nitrogens with zero attached hydrogens (tertiary/aromatic N) is 3. The Hall–Kier alpha value is -2.71. The monoisotopic (exact) mass is 452 g/mol. The van der Waals surface area contributed by atoms with E-state index in [0.717, 1.165) is 67.4 Å². The van der Waals surface area contributed by atoms with Crippen molar-refractivity contribution >= 4 is 27.7 Å². The zero-order valence-corrected chi connectivity index (χ0v) is 19.4. The van der Waals surface area contributed by atoms with E-state index in [1.165, 1.54) is 0 Å². The summed E-state index contributed by atoms with van der Waals surface area (Å²) in [4.78, 5) is 31.2. The van der Waals surface area contributed by atoms with Crippen LogP contribution in [0.25, 0.3) is 21.8 Å². The minimum Gasteiger partial charge on any atom is -0.381 e. The minimum absolute atomic E-state index is 0.0453. The standard InChI is InChI=1S/C25H32N4O4/c1-3-8-33-15-17-4-7-28(14-17)25(31)19-12-20-22(11-16(19)2)27-24(30)21-13-26-29(23(20)21)18-5-9-32-10-6-18/h11-13,17-18H,3-10,14-15H2,1-2H3,(H,27,30). The molecule has 2 aliphatic rings. The van der Waals surface area contributed by atoms with Crippen LogP contribution in [-0.2, 0) is 9.47 Å². The van der Waals surface area contributed by atoms with Crippen molar-refractivity contribution in [3.05, 3.63) is 39.8 Å². The van der Waals surface area contributed by atoms with Gasteiger partial charge in [0, 0.05) is 49.8 Å². The molecule has 2 fully saturated rings. The van der Waals surface area contributed by atoms with E-state index >= 15 is 0 Å². The summed E-state index contributed by atoms with van der Waals surface area (Å²) < 4.78 is 13.2. The van der Waals surface area contributed by atoms with Crippen molar-refractivity contribution in [2.45, 2.75) is 45.6 Å². The number of carbonyl (C=O) groups is 1. The molecule has 5 rings (SSSR count). The quantitative estimate of drug-likeness (QED) is 0.579. The van der Waals surface area contributed by atoms with Crippen molar-refractivity contribution in [2.24, 2.45) is 5.92 Å². The van der Waals surface area contributed by atoms with Gasteiger partial charge in [-0.25, -0.2) is 0 Å². The van der Waals surface area contributed by atoms with Gasteiger partial charge in [0.15, 0.2) is 0 Å². The van der Waals surface area contributed by atoms with Crippen molar-refractivity contribution in [1.82, 2.24) is 19.7 Å². The number of fused-ring (bicyclic) bond motifs is 3. The number of amides is 1. The number of benzene rings is 1. The maximum absolute atomic E-state index is 13.5. The van der Waals surface area contributed by atoms with Gasteiger partial charge in [0.05, 0.1) is 35.3 Å². The number of rotatable bonds is 6. The van der Waals surface area contributed by atoms with Gasteiger partial charge in [0.1, 0.15) is 0 Å². The summed E-state index contributed by atoms with van der Waals surface area (Å²) in [5.41, 5.74) is 2.95. The van der Waals surface area contributed by atoms with Crippen molar-refractivity contribution in [3.8, 4) is 0 Å². The minimum atomic E-state index is -0.149. The van der Waals surface area contributed by atoms with E-state index in [1.807, 2.05) is 28.6 Å². The second kappa shape index (κ2) is 9.27. The Morgan fingerprint density at radius 3 is 2.85 bits per heavy atom. The number of hydrogen-bond donors (Lipinski definition) is 1. The topological polar surface area (TPSA) is 89.5 Å². The summed E-state index contributed by atoms with van der Waals surface area (Å²) in [6.45, 7) is 8.36. The lowest BCUT2D eigenvalue weighted by molar-refractivity contribution is 0.0675. The lowest BCUT2D eigenvalue weighted by Crippen LogP contribution is -2.30. The molecule has 0 saturated carbocycles. The number of nitrogens with one attached hydrogen (secondary N) is 1. The van der Waals surface area contributed by atoms with Crippen LogP contribution in [0.4, 0.5) is 0 Å². The number of likely N-dealkylation sites (tertiary alicyclic amines) is 1. The summed E-state index contributed by atoms with van der Waals surface area (Å²) in [5, 5.41) is 6.01. The second-order valence-corrected chi connectivity index (χ2v) is 9.34. The van der Waals surface area contributed by atoms with Crippen molar-refractivity contribution in [3.63, 3.8) is 0 Å². The first-order chi connectivity index (χ1) is 16.1. The van der Waals surface area contributed by atoms with Gasteiger partial charge in [-0.15, -0.1) is 0 Å². The number of pyridine rings is 1. The van der Waals surface area contributed by atoms with Crippen LogP contribution in [0.5, 0.6) is 0 Å². The number of H-pyrrole nitrogens is 1. The number of hydrogen-bond acceptors (Lipinski definition) is 5. The zero-order chi connectivity index (χ0) is 22.9. The van der Waals surface area contributed by atoms with Gasteiger partial charge in [-0.1, -0.05) is 6.92 Å². The number of ether oxygens (including phenoxy) is 2. The second-order valence-electron chi connectivity index (χ2n) is 9.34. The van der Waals surface area contributed by atoms with E-state index in [0.29, 0.717) is 36.7 Å². The highest BCUT2D eigenvalue weighted by Gasteiger charge is 2.29. The Labute approximate surface area is 192 Å². The van der Waals surface area contributed by atoms with E-state index in [2.05, 4.69) is 17.0 Å². The van der Waals surface area contributed by atoms with Crippen molar-refractivity contribution in [1.29, 1.82) is 0 Å². The highest BCUT2D eigenvalue weighted by molar-refractivity contribution is 6.07. The van der Waals surface area contributed by atoms with Gasteiger partial charge in [-0.2, -0.15) is 5.10 Å². The summed E-state index contributed by atoms with van der Waals surface area (Å²) in [6, 6.07) is 4.05. The van der Waals surface area contributed by atoms with Crippen LogP contribution >= 0.6 is 0 Å². The number of aryl methyl sites for hydroxylation is 1. The highest BCUT2D eigenvalue weighted by atomic mass is 16.5. The van der Waals surface area contributed by atoms with Crippen LogP contribution in [-0.4, -0.2) is 65.1 Å². The van der Waals surface area contributed by atoms with E-state index in [1.54, 1.807) is 6.20 Å². The Morgan fingerprint density at radius 1 is 1.24 bits per heavy atom. The van der Waals surface area contributed by atoms with E-state index < -0.39 is 0 Å². The molecule has 0 spiro atoms. The Morgan fingerprint density at radius 2 is 2.06 bits per heavy atom. The van der Waals surface area contributed by atoms with Gasteiger partial charge >= 0.3 is 0 Å². The fourth-order valence-electron chi connectivity index (χ4n) is 5.15. The molecule has 33 heavy (non-hydrogen) atoms. The van der Waals surface area contributed by atoms with Gasteiger partial charge in [0.2, 0.25) is 0 Å². The van der Waals surface area contributed by atoms with Crippen LogP contribution in [0.3, 0.4) is 0 Å².